The third-order valence-corrected chi connectivity index (χ3v) is 4.47. The van der Waals surface area contributed by atoms with Gasteiger partial charge in [-0.05, 0) is 37.2 Å². The van der Waals surface area contributed by atoms with E-state index in [2.05, 4.69) is 19.1 Å². The van der Waals surface area contributed by atoms with Gasteiger partial charge in [-0.2, -0.15) is 0 Å². The molecule has 24 heavy (non-hydrogen) atoms. The highest BCUT2D eigenvalue weighted by molar-refractivity contribution is 5.75. The average molecular weight is 334 g/mol. The number of hydrogen-bond donors (Lipinski definition) is 1. The summed E-state index contributed by atoms with van der Waals surface area (Å²) in [5.74, 6) is -1.82. The molecule has 0 aliphatic rings. The van der Waals surface area contributed by atoms with E-state index in [9.17, 15) is 14.7 Å². The first kappa shape index (κ1) is 20.2. The monoisotopic (exact) mass is 334 g/mol. The molecule has 0 radical (unpaired) electrons. The second-order valence-electron chi connectivity index (χ2n) is 6.44. The molecular weight excluding hydrogens is 304 g/mol. The van der Waals surface area contributed by atoms with Gasteiger partial charge in [-0.15, -0.1) is 0 Å². The van der Waals surface area contributed by atoms with Crippen LogP contribution in [-0.4, -0.2) is 23.7 Å². The standard InChI is InChI=1S/C20H30O4/c1-4-6-12-24-20(23)18(13-15(3)19(21)22)14-16(5-2)17-10-8-7-9-11-17/h7-11,15-16,18H,4-6,12-14H2,1-3H3,(H,21,22). The molecular formula is C20H30O4. The van der Waals surface area contributed by atoms with Gasteiger partial charge in [0.25, 0.3) is 0 Å². The maximum Gasteiger partial charge on any atom is 0.308 e. The number of carbonyl (C=O) groups excluding carboxylic acids is 1. The van der Waals surface area contributed by atoms with Gasteiger partial charge in [0.15, 0.2) is 0 Å². The van der Waals surface area contributed by atoms with E-state index in [0.29, 0.717) is 19.4 Å². The number of hydrogen-bond acceptors (Lipinski definition) is 3. The first-order valence-corrected chi connectivity index (χ1v) is 8.93. The molecule has 1 N–H and O–H groups in total. The van der Waals surface area contributed by atoms with E-state index in [1.54, 1.807) is 6.92 Å². The predicted molar refractivity (Wildman–Crippen MR) is 94.9 cm³/mol. The third-order valence-electron chi connectivity index (χ3n) is 4.47. The molecule has 3 atom stereocenters. The molecule has 1 aromatic carbocycles. The van der Waals surface area contributed by atoms with Crippen LogP contribution in [0.1, 0.15) is 64.4 Å². The van der Waals surface area contributed by atoms with Crippen molar-refractivity contribution in [2.24, 2.45) is 11.8 Å². The fourth-order valence-electron chi connectivity index (χ4n) is 2.86. The molecule has 1 rings (SSSR count). The van der Waals surface area contributed by atoms with Gasteiger partial charge in [-0.1, -0.05) is 57.5 Å². The number of unbranched alkanes of at least 4 members (excludes halogenated alkanes) is 1. The second-order valence-corrected chi connectivity index (χ2v) is 6.44. The minimum Gasteiger partial charge on any atom is -0.481 e. The Balaban J connectivity index is 2.82. The summed E-state index contributed by atoms with van der Waals surface area (Å²) in [6.07, 6.45) is 3.66. The number of ether oxygens (including phenoxy) is 1. The minimum absolute atomic E-state index is 0.232. The summed E-state index contributed by atoms with van der Waals surface area (Å²) in [4.78, 5) is 23.6. The fourth-order valence-corrected chi connectivity index (χ4v) is 2.86. The Morgan fingerprint density at radius 1 is 1.12 bits per heavy atom. The van der Waals surface area contributed by atoms with Gasteiger partial charge in [-0.3, -0.25) is 9.59 Å². The van der Waals surface area contributed by atoms with Crippen LogP contribution in [0.15, 0.2) is 30.3 Å². The molecule has 1 aromatic rings. The van der Waals surface area contributed by atoms with Crippen molar-refractivity contribution in [1.29, 1.82) is 0 Å². The number of carboxylic acids is 1. The van der Waals surface area contributed by atoms with Gasteiger partial charge in [-0.25, -0.2) is 0 Å². The fraction of sp³-hybridized carbons (Fsp3) is 0.600. The van der Waals surface area contributed by atoms with Crippen LogP contribution in [0.2, 0.25) is 0 Å². The van der Waals surface area contributed by atoms with Gasteiger partial charge in [0.1, 0.15) is 0 Å². The number of esters is 1. The summed E-state index contributed by atoms with van der Waals surface area (Å²) in [6.45, 7) is 6.20. The van der Waals surface area contributed by atoms with Crippen molar-refractivity contribution < 1.29 is 19.4 Å². The molecule has 4 heteroatoms. The van der Waals surface area contributed by atoms with E-state index < -0.39 is 11.9 Å². The lowest BCUT2D eigenvalue weighted by Gasteiger charge is -2.23. The zero-order chi connectivity index (χ0) is 17.9. The Morgan fingerprint density at radius 2 is 1.79 bits per heavy atom. The van der Waals surface area contributed by atoms with Crippen molar-refractivity contribution in [1.82, 2.24) is 0 Å². The summed E-state index contributed by atoms with van der Waals surface area (Å²) < 4.78 is 5.37. The molecule has 4 nitrogen and oxygen atoms in total. The molecule has 0 fully saturated rings. The topological polar surface area (TPSA) is 63.6 Å². The maximum atomic E-state index is 12.4. The molecule has 0 spiro atoms. The second kappa shape index (κ2) is 10.8. The van der Waals surface area contributed by atoms with Crippen LogP contribution in [-0.2, 0) is 14.3 Å². The van der Waals surface area contributed by atoms with Crippen LogP contribution in [0.25, 0.3) is 0 Å². The number of carboxylic acid groups (broad SMARTS) is 1. The van der Waals surface area contributed by atoms with E-state index >= 15 is 0 Å². The van der Waals surface area contributed by atoms with Gasteiger partial charge in [0.05, 0.1) is 18.4 Å². The van der Waals surface area contributed by atoms with Crippen LogP contribution in [0.5, 0.6) is 0 Å². The molecule has 0 aromatic heterocycles. The van der Waals surface area contributed by atoms with E-state index in [4.69, 9.17) is 4.74 Å². The van der Waals surface area contributed by atoms with Crippen molar-refractivity contribution in [3.63, 3.8) is 0 Å². The number of rotatable bonds is 11. The Kier molecular flexibility index (Phi) is 9.13. The SMILES string of the molecule is CCCCOC(=O)C(CC(C)C(=O)O)CC(CC)c1ccccc1. The summed E-state index contributed by atoms with van der Waals surface area (Å²) >= 11 is 0. The summed E-state index contributed by atoms with van der Waals surface area (Å²) in [5.41, 5.74) is 1.19. The quantitative estimate of drug-likeness (QED) is 0.473. The average Bonchev–Trinajstić information content (AvgIpc) is 2.59. The molecule has 0 heterocycles. The summed E-state index contributed by atoms with van der Waals surface area (Å²) in [5, 5.41) is 9.18. The highest BCUT2D eigenvalue weighted by Crippen LogP contribution is 2.31. The Bertz CT molecular complexity index is 498. The van der Waals surface area contributed by atoms with Crippen LogP contribution < -0.4 is 0 Å². The van der Waals surface area contributed by atoms with E-state index in [0.717, 1.165) is 19.3 Å². The zero-order valence-corrected chi connectivity index (χ0v) is 15.0. The Labute approximate surface area is 145 Å². The van der Waals surface area contributed by atoms with E-state index in [-0.39, 0.29) is 17.8 Å². The number of aliphatic carboxylic acids is 1. The third kappa shape index (κ3) is 6.73. The molecule has 0 amide bonds. The predicted octanol–water partition coefficient (Wildman–Crippen LogP) is 4.64. The highest BCUT2D eigenvalue weighted by atomic mass is 16.5. The lowest BCUT2D eigenvalue weighted by atomic mass is 9.83. The highest BCUT2D eigenvalue weighted by Gasteiger charge is 2.28. The molecule has 0 aliphatic heterocycles. The Morgan fingerprint density at radius 3 is 2.33 bits per heavy atom. The molecule has 0 aliphatic carbocycles. The van der Waals surface area contributed by atoms with Crippen LogP contribution in [0.4, 0.5) is 0 Å². The van der Waals surface area contributed by atoms with Crippen molar-refractivity contribution >= 4 is 11.9 Å². The first-order chi connectivity index (χ1) is 11.5. The van der Waals surface area contributed by atoms with Gasteiger partial charge in [0, 0.05) is 0 Å². The van der Waals surface area contributed by atoms with Crippen molar-refractivity contribution in [3.05, 3.63) is 35.9 Å². The molecule has 0 saturated carbocycles. The summed E-state index contributed by atoms with van der Waals surface area (Å²) in [6, 6.07) is 10.1. The first-order valence-electron chi connectivity index (χ1n) is 8.93. The largest absolute Gasteiger partial charge is 0.481 e. The van der Waals surface area contributed by atoms with Gasteiger partial charge >= 0.3 is 11.9 Å². The Hall–Kier alpha value is -1.84. The lowest BCUT2D eigenvalue weighted by molar-refractivity contribution is -0.151. The van der Waals surface area contributed by atoms with E-state index in [1.165, 1.54) is 5.56 Å². The lowest BCUT2D eigenvalue weighted by Crippen LogP contribution is -2.25. The smallest absolute Gasteiger partial charge is 0.308 e. The van der Waals surface area contributed by atoms with Crippen molar-refractivity contribution in [2.75, 3.05) is 6.61 Å². The number of carbonyl (C=O) groups is 2. The van der Waals surface area contributed by atoms with Gasteiger partial charge in [0.2, 0.25) is 0 Å². The van der Waals surface area contributed by atoms with Crippen LogP contribution in [0, 0.1) is 11.8 Å². The molecule has 3 unspecified atom stereocenters. The molecule has 0 bridgehead atoms. The number of benzene rings is 1. The molecule has 0 saturated heterocycles. The molecule has 134 valence electrons. The van der Waals surface area contributed by atoms with Crippen LogP contribution >= 0.6 is 0 Å². The van der Waals surface area contributed by atoms with E-state index in [1.807, 2.05) is 25.1 Å². The van der Waals surface area contributed by atoms with Crippen molar-refractivity contribution in [2.45, 2.75) is 58.8 Å². The zero-order valence-electron chi connectivity index (χ0n) is 15.0. The maximum absolute atomic E-state index is 12.4. The van der Waals surface area contributed by atoms with Crippen molar-refractivity contribution in [3.8, 4) is 0 Å². The minimum atomic E-state index is -0.867. The van der Waals surface area contributed by atoms with Gasteiger partial charge < -0.3 is 9.84 Å². The van der Waals surface area contributed by atoms with Crippen LogP contribution in [0.3, 0.4) is 0 Å². The normalized spacial score (nSPS) is 14.6. The summed E-state index contributed by atoms with van der Waals surface area (Å²) in [7, 11) is 0.